The van der Waals surface area contributed by atoms with E-state index < -0.39 is 0 Å². The van der Waals surface area contributed by atoms with Crippen molar-refractivity contribution in [2.24, 2.45) is 0 Å². The van der Waals surface area contributed by atoms with Crippen molar-refractivity contribution in [2.75, 3.05) is 24.4 Å². The average molecular weight is 363 g/mol. The number of anilines is 1. The number of likely N-dealkylation sites (N-methyl/N-ethyl adjacent to an activating group) is 1. The molecule has 2 unspecified atom stereocenters. The molecular weight excluding hydrogens is 332 g/mol. The van der Waals surface area contributed by atoms with Crippen molar-refractivity contribution in [1.29, 1.82) is 0 Å². The van der Waals surface area contributed by atoms with Crippen molar-refractivity contribution in [3.8, 4) is 0 Å². The van der Waals surface area contributed by atoms with Gasteiger partial charge in [0.25, 0.3) is 0 Å². The largest absolute Gasteiger partial charge is 0.308 e. The van der Waals surface area contributed by atoms with Gasteiger partial charge < -0.3 is 4.90 Å². The third-order valence-corrected chi connectivity index (χ3v) is 5.34. The quantitative estimate of drug-likeness (QED) is 0.396. The van der Waals surface area contributed by atoms with E-state index in [1.807, 2.05) is 11.0 Å². The Labute approximate surface area is 157 Å². The second-order valence-corrected chi connectivity index (χ2v) is 7.42. The van der Waals surface area contributed by atoms with Gasteiger partial charge in [0.1, 0.15) is 0 Å². The van der Waals surface area contributed by atoms with Crippen LogP contribution in [0.2, 0.25) is 0 Å². The van der Waals surface area contributed by atoms with Gasteiger partial charge in [-0.1, -0.05) is 43.0 Å². The molecule has 2 atom stereocenters. The Morgan fingerprint density at radius 2 is 1.84 bits per heavy atom. The molecule has 0 saturated heterocycles. The van der Waals surface area contributed by atoms with Gasteiger partial charge in [0.2, 0.25) is 5.91 Å². The second-order valence-electron chi connectivity index (χ2n) is 7.04. The molecule has 0 bridgehead atoms. The van der Waals surface area contributed by atoms with Crippen molar-refractivity contribution in [3.05, 3.63) is 42.5 Å². The number of aryl methyl sites for hydroxylation is 1. The molecule has 0 radical (unpaired) electrons. The molecule has 1 fully saturated rings. The predicted molar refractivity (Wildman–Crippen MR) is 107 cm³/mol. The van der Waals surface area contributed by atoms with Crippen LogP contribution in [0.15, 0.2) is 36.9 Å². The van der Waals surface area contributed by atoms with Crippen molar-refractivity contribution < 1.29 is 4.79 Å². The summed E-state index contributed by atoms with van der Waals surface area (Å²) in [6.45, 7) is 6.79. The van der Waals surface area contributed by atoms with Crippen molar-refractivity contribution >= 4 is 23.2 Å². The smallest absolute Gasteiger partial charge is 0.228 e. The summed E-state index contributed by atoms with van der Waals surface area (Å²) >= 11 is 5.90. The molecule has 1 aromatic carbocycles. The Bertz CT molecular complexity index is 558. The fraction of sp³-hybridized carbons (Fsp3) is 0.571. The third-order valence-electron chi connectivity index (χ3n) is 5.15. The highest BCUT2D eigenvalue weighted by Crippen LogP contribution is 2.30. The number of hydrogen-bond acceptors (Lipinski definition) is 2. The lowest BCUT2D eigenvalue weighted by molar-refractivity contribution is -0.119. The lowest BCUT2D eigenvalue weighted by atomic mass is 9.98. The maximum Gasteiger partial charge on any atom is 0.228 e. The van der Waals surface area contributed by atoms with Gasteiger partial charge in [-0.15, -0.1) is 18.2 Å². The Balaban J connectivity index is 2.38. The van der Waals surface area contributed by atoms with Crippen molar-refractivity contribution in [2.45, 2.75) is 57.5 Å². The van der Waals surface area contributed by atoms with Crippen LogP contribution in [0.1, 0.15) is 44.1 Å². The molecule has 138 valence electrons. The van der Waals surface area contributed by atoms with Gasteiger partial charge in [-0.3, -0.25) is 9.69 Å². The molecular formula is C21H31ClN2O. The first-order chi connectivity index (χ1) is 12.1. The summed E-state index contributed by atoms with van der Waals surface area (Å²) in [6.07, 6.45) is 8.09. The number of alkyl halides is 1. The van der Waals surface area contributed by atoms with Gasteiger partial charge in [0, 0.05) is 30.6 Å². The van der Waals surface area contributed by atoms with Crippen molar-refractivity contribution in [3.63, 3.8) is 0 Å². The van der Waals surface area contributed by atoms with Gasteiger partial charge in [-0.25, -0.2) is 0 Å². The topological polar surface area (TPSA) is 23.6 Å². The fourth-order valence-corrected chi connectivity index (χ4v) is 4.01. The van der Waals surface area contributed by atoms with E-state index in [0.717, 1.165) is 25.1 Å². The molecule has 2 rings (SSSR count). The van der Waals surface area contributed by atoms with Gasteiger partial charge >= 0.3 is 0 Å². The minimum absolute atomic E-state index is 0.128. The molecule has 0 N–H and O–H groups in total. The van der Waals surface area contributed by atoms with Crippen LogP contribution in [0.4, 0.5) is 5.69 Å². The van der Waals surface area contributed by atoms with Crippen LogP contribution in [0.5, 0.6) is 0 Å². The monoisotopic (exact) mass is 362 g/mol. The standard InChI is InChI=1S/C21H31ClN2O/c1-4-16-23(3)19-8-6-5-7-9-20(19)24(21(25)14-15-22)18-12-10-17(2)11-13-18/h4,10-13,19-20H,1,5-9,14-16H2,2-3H3. The van der Waals surface area contributed by atoms with Gasteiger partial charge in [-0.05, 0) is 38.9 Å². The first-order valence-electron chi connectivity index (χ1n) is 9.34. The molecule has 1 aliphatic carbocycles. The summed E-state index contributed by atoms with van der Waals surface area (Å²) in [4.78, 5) is 17.3. The third kappa shape index (κ3) is 5.32. The highest BCUT2D eigenvalue weighted by molar-refractivity contribution is 6.19. The zero-order chi connectivity index (χ0) is 18.2. The minimum atomic E-state index is 0.128. The first kappa shape index (κ1) is 20.0. The van der Waals surface area contributed by atoms with E-state index in [9.17, 15) is 4.79 Å². The van der Waals surface area contributed by atoms with Crippen LogP contribution in [-0.4, -0.2) is 42.4 Å². The molecule has 1 aliphatic rings. The first-order valence-corrected chi connectivity index (χ1v) is 9.87. The Kier molecular flexibility index (Phi) is 7.98. The summed E-state index contributed by atoms with van der Waals surface area (Å²) < 4.78 is 0. The van der Waals surface area contributed by atoms with Crippen LogP contribution >= 0.6 is 11.6 Å². The summed E-state index contributed by atoms with van der Waals surface area (Å²) in [5.74, 6) is 0.490. The molecule has 25 heavy (non-hydrogen) atoms. The molecule has 0 aromatic heterocycles. The Morgan fingerprint density at radius 3 is 2.44 bits per heavy atom. The number of halogens is 1. The zero-order valence-corrected chi connectivity index (χ0v) is 16.3. The number of hydrogen-bond donors (Lipinski definition) is 0. The number of rotatable bonds is 7. The van der Waals surface area contributed by atoms with E-state index in [1.165, 1.54) is 24.8 Å². The predicted octanol–water partition coefficient (Wildman–Crippen LogP) is 4.78. The number of carbonyl (C=O) groups is 1. The SMILES string of the molecule is C=CCN(C)C1CCCCCC1N(C(=O)CCCl)c1ccc(C)cc1. The Morgan fingerprint density at radius 1 is 1.20 bits per heavy atom. The molecule has 1 saturated carbocycles. The minimum Gasteiger partial charge on any atom is -0.308 e. The second kappa shape index (κ2) is 9.98. The van der Waals surface area contributed by atoms with E-state index in [-0.39, 0.29) is 11.9 Å². The highest BCUT2D eigenvalue weighted by Gasteiger charge is 2.34. The molecule has 0 heterocycles. The average Bonchev–Trinajstić information content (AvgIpc) is 2.83. The van der Waals surface area contributed by atoms with Crippen LogP contribution in [0, 0.1) is 6.92 Å². The lowest BCUT2D eigenvalue weighted by Gasteiger charge is -2.40. The maximum atomic E-state index is 13.0. The molecule has 1 amide bonds. The van der Waals surface area contributed by atoms with E-state index in [0.29, 0.717) is 18.3 Å². The molecule has 3 nitrogen and oxygen atoms in total. The maximum absolute atomic E-state index is 13.0. The lowest BCUT2D eigenvalue weighted by Crippen LogP contribution is -2.52. The van der Waals surface area contributed by atoms with E-state index in [1.54, 1.807) is 0 Å². The van der Waals surface area contributed by atoms with Crippen LogP contribution in [0.25, 0.3) is 0 Å². The summed E-state index contributed by atoms with van der Waals surface area (Å²) in [6, 6.07) is 8.82. The molecule has 4 heteroatoms. The normalized spacial score (nSPS) is 21.0. The number of nitrogens with zero attached hydrogens (tertiary/aromatic N) is 2. The molecule has 0 spiro atoms. The van der Waals surface area contributed by atoms with Gasteiger partial charge in [-0.2, -0.15) is 0 Å². The molecule has 1 aromatic rings. The van der Waals surface area contributed by atoms with Crippen LogP contribution in [0.3, 0.4) is 0 Å². The van der Waals surface area contributed by atoms with Crippen molar-refractivity contribution in [1.82, 2.24) is 4.90 Å². The number of amides is 1. The summed E-state index contributed by atoms with van der Waals surface area (Å²) in [7, 11) is 2.14. The highest BCUT2D eigenvalue weighted by atomic mass is 35.5. The van der Waals surface area contributed by atoms with E-state index >= 15 is 0 Å². The number of benzene rings is 1. The number of carbonyl (C=O) groups excluding carboxylic acids is 1. The Hall–Kier alpha value is -1.32. The summed E-state index contributed by atoms with van der Waals surface area (Å²) in [5, 5.41) is 0. The van der Waals surface area contributed by atoms with Gasteiger partial charge in [0.15, 0.2) is 0 Å². The van der Waals surface area contributed by atoms with E-state index in [2.05, 4.69) is 49.7 Å². The fourth-order valence-electron chi connectivity index (χ4n) is 3.85. The van der Waals surface area contributed by atoms with Crippen LogP contribution < -0.4 is 4.90 Å². The summed E-state index contributed by atoms with van der Waals surface area (Å²) in [5.41, 5.74) is 2.19. The van der Waals surface area contributed by atoms with Gasteiger partial charge in [0.05, 0.1) is 6.04 Å². The molecule has 0 aliphatic heterocycles. The van der Waals surface area contributed by atoms with Crippen LogP contribution in [-0.2, 0) is 4.79 Å². The van der Waals surface area contributed by atoms with E-state index in [4.69, 9.17) is 11.6 Å². The zero-order valence-electron chi connectivity index (χ0n) is 15.6.